The normalized spacial score (nSPS) is 26.3. The minimum Gasteiger partial charge on any atom is -0.508 e. The predicted octanol–water partition coefficient (Wildman–Crippen LogP) is 1.09. The molecule has 0 saturated carbocycles. The van der Waals surface area contributed by atoms with E-state index >= 15 is 9.59 Å². The Hall–Kier alpha value is -11.0. The summed E-state index contributed by atoms with van der Waals surface area (Å²) in [6, 6.07) is 0.595. The van der Waals surface area contributed by atoms with Crippen molar-refractivity contribution in [1.29, 1.82) is 0 Å². The summed E-state index contributed by atoms with van der Waals surface area (Å²) in [7, 11) is 0. The van der Waals surface area contributed by atoms with Gasteiger partial charge in [0.15, 0.2) is 0 Å². The van der Waals surface area contributed by atoms with Crippen molar-refractivity contribution in [2.24, 2.45) is 11.1 Å². The number of aromatic hydroxyl groups is 2. The smallest absolute Gasteiger partial charge is 0.246 e. The van der Waals surface area contributed by atoms with Crippen molar-refractivity contribution in [3.63, 3.8) is 0 Å². The Bertz CT molecular complexity index is 3970. The minimum absolute atomic E-state index is 0.0159. The van der Waals surface area contributed by atoms with Crippen LogP contribution < -0.4 is 69.5 Å². The highest BCUT2D eigenvalue weighted by atomic mass is 16.3. The molecule has 606 valence electrons. The number of primary amides is 1. The van der Waals surface area contributed by atoms with Gasteiger partial charge in [-0.3, -0.25) is 67.1 Å². The van der Waals surface area contributed by atoms with Crippen LogP contribution in [0.3, 0.4) is 0 Å². The Morgan fingerprint density at radius 2 is 1.28 bits per heavy atom. The molecule has 14 amide bonds. The number of aromatic nitrogens is 2. The number of rotatable bonds is 16. The molecule has 2 aromatic heterocycles. The molecule has 0 unspecified atom stereocenters. The number of phenolic OH excluding ortho intramolecular Hbond substituents is 2. The molecule has 0 radical (unpaired) electrons. The summed E-state index contributed by atoms with van der Waals surface area (Å²) < 4.78 is 0. The van der Waals surface area contributed by atoms with E-state index < -0.39 is 166 Å². The van der Waals surface area contributed by atoms with Gasteiger partial charge in [0.1, 0.15) is 88.6 Å². The summed E-state index contributed by atoms with van der Waals surface area (Å²) in [4.78, 5) is 209. The number of hydrogen-bond acceptors (Lipinski definition) is 18. The number of nitrogens with zero attached hydrogens (tertiary/aromatic N) is 2. The van der Waals surface area contributed by atoms with E-state index in [4.69, 9.17) is 5.73 Å². The average molecular weight is 1550 g/mol. The quantitative estimate of drug-likeness (QED) is 0.0551. The number of pyridine rings is 1. The number of benzene rings is 2. The zero-order valence-electron chi connectivity index (χ0n) is 65.0. The molecule has 6 rings (SSSR count). The number of nitrogens with two attached hydrogens (primary N) is 1. The largest absolute Gasteiger partial charge is 0.508 e. The number of aromatic amines is 1. The van der Waals surface area contributed by atoms with Crippen molar-refractivity contribution in [3.05, 3.63) is 102 Å². The van der Waals surface area contributed by atoms with E-state index in [0.29, 0.717) is 47.0 Å². The van der Waals surface area contributed by atoms with Crippen LogP contribution in [-0.4, -0.2) is 204 Å². The second-order valence-corrected chi connectivity index (χ2v) is 30.2. The molecule has 0 bridgehead atoms. The van der Waals surface area contributed by atoms with Gasteiger partial charge in [0.25, 0.3) is 0 Å². The number of carbonyl (C=O) groups excluding carboxylic acids is 14. The number of amides is 14. The maximum Gasteiger partial charge on any atom is 0.246 e. The van der Waals surface area contributed by atoms with Crippen LogP contribution in [0.1, 0.15) is 176 Å². The van der Waals surface area contributed by atoms with Gasteiger partial charge >= 0.3 is 0 Å². The lowest BCUT2D eigenvalue weighted by atomic mass is 9.85. The molecule has 2 fully saturated rings. The third-order valence-electron chi connectivity index (χ3n) is 19.9. The summed E-state index contributed by atoms with van der Waals surface area (Å²) in [5.41, 5.74) is 2.92. The van der Waals surface area contributed by atoms with Crippen molar-refractivity contribution in [2.45, 2.75) is 256 Å². The first-order chi connectivity index (χ1) is 52.4. The Labute approximate surface area is 646 Å². The third-order valence-corrected chi connectivity index (χ3v) is 19.9. The van der Waals surface area contributed by atoms with Crippen LogP contribution in [0.5, 0.6) is 11.5 Å². The number of aliphatic hydroxyl groups excluding tert-OH is 1. The van der Waals surface area contributed by atoms with Crippen LogP contribution in [0.4, 0.5) is 0 Å². The molecule has 111 heavy (non-hydrogen) atoms. The monoisotopic (exact) mass is 1540 g/mol. The summed E-state index contributed by atoms with van der Waals surface area (Å²) in [6.07, 6.45) is 3.96. The van der Waals surface area contributed by atoms with E-state index in [1.165, 1.54) is 94.2 Å². The maximum absolute atomic E-state index is 15.2. The molecule has 4 aromatic rings. The molecule has 33 heteroatoms. The summed E-state index contributed by atoms with van der Waals surface area (Å²) >= 11 is 0. The van der Waals surface area contributed by atoms with Crippen molar-refractivity contribution < 1.29 is 82.4 Å². The number of hydrogen-bond donors (Lipinski definition) is 17. The van der Waals surface area contributed by atoms with E-state index in [1.54, 1.807) is 59.0 Å². The SMILES string of the molecule is C=CCCC[C@]1(C)NC(=O)[C@H](Cc2c[nH]c3ncccc23)NC(=O)[C@H]([C@@H](C)O)NC(=O)[C@@H]2CCCN2C(=O)[C@H](Cc2ccc(O)cc2)NC(=O)[C@H](C(C)(C)C)NC(=O)[C@@H](NC(C)=O)CCCC(=O)NCCCC[C@@H](C(N)=O)NC(=O)[C@](C)(CC)NC(=O)[C@H](CCC)NC(=O)[C@H](Cc2ccc(O)cc2)NC(=O)[C@H](C)NC1=O. The van der Waals surface area contributed by atoms with Gasteiger partial charge in [-0.25, -0.2) is 4.98 Å². The summed E-state index contributed by atoms with van der Waals surface area (Å²) in [6.45, 7) is 18.8. The highest BCUT2D eigenvalue weighted by Crippen LogP contribution is 2.26. The first-order valence-electron chi connectivity index (χ1n) is 37.9. The predicted molar refractivity (Wildman–Crippen MR) is 410 cm³/mol. The molecule has 33 nitrogen and oxygen atoms in total. The van der Waals surface area contributed by atoms with Gasteiger partial charge in [0.2, 0.25) is 82.7 Å². The van der Waals surface area contributed by atoms with Gasteiger partial charge in [-0.2, -0.15) is 0 Å². The molecule has 18 N–H and O–H groups in total. The highest BCUT2D eigenvalue weighted by molar-refractivity contribution is 6.01. The summed E-state index contributed by atoms with van der Waals surface area (Å²) in [5.74, 6) is -11.6. The van der Waals surface area contributed by atoms with Crippen LogP contribution in [0.2, 0.25) is 0 Å². The van der Waals surface area contributed by atoms with Crippen LogP contribution in [0, 0.1) is 5.41 Å². The van der Waals surface area contributed by atoms with Crippen LogP contribution in [0.25, 0.3) is 11.0 Å². The average Bonchev–Trinajstić information content (AvgIpc) is 1.77. The van der Waals surface area contributed by atoms with Crippen molar-refractivity contribution in [1.82, 2.24) is 78.7 Å². The molecular formula is C78H112N16O17. The lowest BCUT2D eigenvalue weighted by Crippen LogP contribution is -2.65. The highest BCUT2D eigenvalue weighted by Gasteiger charge is 2.45. The molecule has 2 aromatic carbocycles. The number of fused-ring (bicyclic) bond motifs is 2. The van der Waals surface area contributed by atoms with E-state index in [0.717, 1.165) is 0 Å². The maximum atomic E-state index is 15.2. The van der Waals surface area contributed by atoms with E-state index in [9.17, 15) is 72.9 Å². The topological polar surface area (TPSA) is 502 Å². The van der Waals surface area contributed by atoms with Gasteiger partial charge < -0.3 is 94.7 Å². The van der Waals surface area contributed by atoms with Crippen LogP contribution in [0.15, 0.2) is 85.7 Å². The Balaban J connectivity index is 1.38. The van der Waals surface area contributed by atoms with E-state index in [2.05, 4.69) is 80.3 Å². The fourth-order valence-corrected chi connectivity index (χ4v) is 13.1. The summed E-state index contributed by atoms with van der Waals surface area (Å²) in [5, 5.41) is 64.8. The Morgan fingerprint density at radius 3 is 1.88 bits per heavy atom. The van der Waals surface area contributed by atoms with Gasteiger partial charge in [-0.15, -0.1) is 6.58 Å². The number of nitrogens with one attached hydrogen (secondary N) is 13. The first kappa shape index (κ1) is 88.9. The van der Waals surface area contributed by atoms with E-state index in [-0.39, 0.29) is 114 Å². The first-order valence-corrected chi connectivity index (χ1v) is 37.9. The fraction of sp³-hybridized carbons (Fsp3) is 0.551. The fourth-order valence-electron chi connectivity index (χ4n) is 13.1. The molecule has 0 aliphatic carbocycles. The molecular weight excluding hydrogens is 1430 g/mol. The zero-order valence-corrected chi connectivity index (χ0v) is 65.0. The Morgan fingerprint density at radius 1 is 0.685 bits per heavy atom. The Kier molecular flexibility index (Phi) is 33.0. The van der Waals surface area contributed by atoms with Gasteiger partial charge in [-0.05, 0) is 163 Å². The number of carbonyl (C=O) groups is 14. The molecule has 4 heterocycles. The number of H-pyrrole nitrogens is 1. The van der Waals surface area contributed by atoms with Crippen molar-refractivity contribution in [2.75, 3.05) is 13.1 Å². The molecule has 13 atom stereocenters. The lowest BCUT2D eigenvalue weighted by molar-refractivity contribution is -0.143. The second kappa shape index (κ2) is 41.2. The molecule has 2 aliphatic heterocycles. The van der Waals surface area contributed by atoms with Crippen molar-refractivity contribution >= 4 is 93.7 Å². The standard InChI is InChI=1S/C78H112N16O17/c1-12-15-17-36-78(11)75(111)83-44(4)65(101)86-56(40-47-28-32-50(97)33-29-47)67(103)85-54(22-13-2)68(104)92-77(10,14-3)74(110)89-53(63(79)100)24-16-18-37-80-60(99)27-19-25-55(84-46(6)96)66(102)91-62(76(7,8)9)72(108)88-58(41-48-30-34-51(98)35-31-48)73(109)94-39-21-26-59(94)70(106)90-61(45(5)95)71(107)87-57(69(105)93-78)42-49-43-82-64-52(49)23-20-38-81-64/h12,20,23,28-35,38,43-45,53-59,61-62,95,97-98H,1,13-19,21-22,24-27,36-37,39-42H2,2-11H3,(H2,79,100)(H,80,99)(H,81,82)(H,83,111)(H,84,96)(H,85,103)(H,86,101)(H,87,107)(H,88,108)(H,89,110)(H,90,106)(H,91,102)(H,92,104)(H,93,105)/t44-,45+,53-,54-,55-,56-,57-,58-,59-,61-,62+,77-,78-/m0/s1. The number of aliphatic hydroxyl groups is 1. The van der Waals surface area contributed by atoms with Crippen LogP contribution >= 0.6 is 0 Å². The molecule has 2 aliphatic rings. The van der Waals surface area contributed by atoms with Gasteiger partial charge in [-0.1, -0.05) is 71.4 Å². The number of phenols is 2. The molecule has 2 saturated heterocycles. The minimum atomic E-state index is -1.90. The van der Waals surface area contributed by atoms with E-state index in [1.807, 2.05) is 0 Å². The number of unbranched alkanes of at least 4 members (excludes halogenated alkanes) is 1. The van der Waals surface area contributed by atoms with Gasteiger partial charge in [0, 0.05) is 63.5 Å². The van der Waals surface area contributed by atoms with Gasteiger partial charge in [0.05, 0.1) is 6.10 Å². The van der Waals surface area contributed by atoms with Crippen LogP contribution in [-0.2, 0) is 86.4 Å². The van der Waals surface area contributed by atoms with Crippen molar-refractivity contribution in [3.8, 4) is 11.5 Å². The second-order valence-electron chi connectivity index (χ2n) is 30.2. The third kappa shape index (κ3) is 26.1. The number of allylic oxidation sites excluding steroid dienone is 1. The zero-order chi connectivity index (χ0) is 82.1. The lowest BCUT2D eigenvalue weighted by Gasteiger charge is -2.34. The molecule has 0 spiro atoms.